The van der Waals surface area contributed by atoms with Crippen LogP contribution >= 0.6 is 11.3 Å². The number of rotatable bonds is 5. The number of likely N-dealkylation sites (N-methyl/N-ethyl adjacent to an activating group) is 1. The number of amides is 1. The Bertz CT molecular complexity index is 578. The average Bonchev–Trinajstić information content (AvgIpc) is 2.87. The first-order valence-corrected chi connectivity index (χ1v) is 7.64. The van der Waals surface area contributed by atoms with E-state index in [0.717, 1.165) is 17.8 Å². The lowest BCUT2D eigenvalue weighted by molar-refractivity contribution is -0.884. The third kappa shape index (κ3) is 3.92. The van der Waals surface area contributed by atoms with Crippen LogP contribution in [0.1, 0.15) is 16.0 Å². The fraction of sp³-hybridized carbons (Fsp3) is 0.312. The number of thiophene rings is 1. The van der Waals surface area contributed by atoms with E-state index in [0.29, 0.717) is 6.54 Å². The Hall–Kier alpha value is -1.65. The predicted octanol–water partition coefficient (Wildman–Crippen LogP) is 2.02. The zero-order valence-corrected chi connectivity index (χ0v) is 13.0. The van der Waals surface area contributed by atoms with Crippen LogP contribution in [0.15, 0.2) is 35.7 Å². The van der Waals surface area contributed by atoms with E-state index in [9.17, 15) is 4.79 Å². The van der Waals surface area contributed by atoms with Crippen LogP contribution in [-0.4, -0.2) is 19.5 Å². The molecule has 2 aromatic rings. The van der Waals surface area contributed by atoms with Gasteiger partial charge in [-0.15, -0.1) is 11.3 Å². The van der Waals surface area contributed by atoms with Gasteiger partial charge in [0.25, 0.3) is 5.91 Å². The third-order valence-electron chi connectivity index (χ3n) is 3.40. The highest BCUT2D eigenvalue weighted by Crippen LogP contribution is 2.17. The van der Waals surface area contributed by atoms with Crippen LogP contribution in [0.25, 0.3) is 0 Å². The first-order chi connectivity index (χ1) is 9.56. The fourth-order valence-corrected chi connectivity index (χ4v) is 2.95. The highest BCUT2D eigenvalue weighted by molar-refractivity contribution is 7.09. The summed E-state index contributed by atoms with van der Waals surface area (Å²) < 4.78 is 0. The van der Waals surface area contributed by atoms with E-state index in [1.165, 1.54) is 15.3 Å². The number of anilines is 1. The molecule has 0 spiro atoms. The van der Waals surface area contributed by atoms with Crippen molar-refractivity contribution in [3.8, 4) is 0 Å². The van der Waals surface area contributed by atoms with Gasteiger partial charge in [-0.2, -0.15) is 0 Å². The van der Waals surface area contributed by atoms with Crippen LogP contribution in [0.4, 0.5) is 5.69 Å². The van der Waals surface area contributed by atoms with Crippen molar-refractivity contribution in [3.63, 3.8) is 0 Å². The van der Waals surface area contributed by atoms with Gasteiger partial charge in [-0.1, -0.05) is 18.2 Å². The van der Waals surface area contributed by atoms with Gasteiger partial charge in [-0.25, -0.2) is 0 Å². The Kier molecular flexibility index (Phi) is 4.93. The van der Waals surface area contributed by atoms with Gasteiger partial charge < -0.3 is 10.2 Å². The monoisotopic (exact) mass is 289 g/mol. The van der Waals surface area contributed by atoms with E-state index >= 15 is 0 Å². The summed E-state index contributed by atoms with van der Waals surface area (Å²) in [5.74, 6) is 0.0627. The SMILES string of the molecule is Cc1cccc(NC(=O)C[NH+](C)Cc2cccs2)c1C. The highest BCUT2D eigenvalue weighted by atomic mass is 32.1. The minimum absolute atomic E-state index is 0.0627. The van der Waals surface area contributed by atoms with Gasteiger partial charge in [-0.05, 0) is 42.5 Å². The molecule has 106 valence electrons. The molecule has 1 unspecified atom stereocenters. The van der Waals surface area contributed by atoms with Gasteiger partial charge in [0.2, 0.25) is 0 Å². The number of hydrogen-bond donors (Lipinski definition) is 2. The molecule has 20 heavy (non-hydrogen) atoms. The molecule has 0 aliphatic carbocycles. The normalized spacial score (nSPS) is 12.2. The largest absolute Gasteiger partial charge is 0.325 e. The summed E-state index contributed by atoms with van der Waals surface area (Å²) in [6.45, 7) is 5.45. The van der Waals surface area contributed by atoms with Crippen LogP contribution in [0, 0.1) is 13.8 Å². The Balaban J connectivity index is 1.90. The first-order valence-electron chi connectivity index (χ1n) is 6.76. The van der Waals surface area contributed by atoms with Crippen LogP contribution in [-0.2, 0) is 11.3 Å². The number of hydrogen-bond acceptors (Lipinski definition) is 2. The van der Waals surface area contributed by atoms with Crippen molar-refractivity contribution in [3.05, 3.63) is 51.7 Å². The maximum Gasteiger partial charge on any atom is 0.279 e. The summed E-state index contributed by atoms with van der Waals surface area (Å²) >= 11 is 1.73. The van der Waals surface area contributed by atoms with Gasteiger partial charge in [0, 0.05) is 5.69 Å². The molecule has 0 aliphatic heterocycles. The smallest absolute Gasteiger partial charge is 0.279 e. The second-order valence-electron chi connectivity index (χ2n) is 5.19. The van der Waals surface area contributed by atoms with Crippen molar-refractivity contribution in [1.29, 1.82) is 0 Å². The van der Waals surface area contributed by atoms with Crippen LogP contribution in [0.3, 0.4) is 0 Å². The second-order valence-corrected chi connectivity index (χ2v) is 6.22. The Morgan fingerprint density at radius 2 is 2.05 bits per heavy atom. The van der Waals surface area contributed by atoms with Crippen LogP contribution in [0.2, 0.25) is 0 Å². The molecule has 2 N–H and O–H groups in total. The topological polar surface area (TPSA) is 33.5 Å². The second kappa shape index (κ2) is 6.68. The Morgan fingerprint density at radius 1 is 1.25 bits per heavy atom. The highest BCUT2D eigenvalue weighted by Gasteiger charge is 2.12. The fourth-order valence-electron chi connectivity index (χ4n) is 2.13. The Morgan fingerprint density at radius 3 is 2.75 bits per heavy atom. The minimum Gasteiger partial charge on any atom is -0.325 e. The molecule has 0 radical (unpaired) electrons. The average molecular weight is 289 g/mol. The summed E-state index contributed by atoms with van der Waals surface area (Å²) in [7, 11) is 2.04. The van der Waals surface area contributed by atoms with Crippen molar-refractivity contribution >= 4 is 22.9 Å². The van der Waals surface area contributed by atoms with Crippen molar-refractivity contribution in [1.82, 2.24) is 0 Å². The summed E-state index contributed by atoms with van der Waals surface area (Å²) in [5.41, 5.74) is 3.25. The van der Waals surface area contributed by atoms with E-state index in [1.807, 2.05) is 32.2 Å². The maximum absolute atomic E-state index is 12.1. The molecule has 1 atom stereocenters. The number of benzene rings is 1. The molecule has 3 nitrogen and oxygen atoms in total. The molecule has 1 amide bonds. The number of carbonyl (C=O) groups is 1. The lowest BCUT2D eigenvalue weighted by Gasteiger charge is -2.14. The number of aryl methyl sites for hydroxylation is 1. The molecule has 0 fully saturated rings. The van der Waals surface area contributed by atoms with Gasteiger partial charge >= 0.3 is 0 Å². The molecular formula is C16H21N2OS+. The minimum atomic E-state index is 0.0627. The van der Waals surface area contributed by atoms with Crippen LogP contribution in [0.5, 0.6) is 0 Å². The summed E-state index contributed by atoms with van der Waals surface area (Å²) in [5, 5.41) is 5.07. The van der Waals surface area contributed by atoms with Crippen molar-refractivity contribution in [2.24, 2.45) is 0 Å². The molecule has 0 aliphatic rings. The maximum atomic E-state index is 12.1. The zero-order valence-electron chi connectivity index (χ0n) is 12.2. The summed E-state index contributed by atoms with van der Waals surface area (Å²) in [6, 6.07) is 10.1. The lowest BCUT2D eigenvalue weighted by atomic mass is 10.1. The lowest BCUT2D eigenvalue weighted by Crippen LogP contribution is -3.08. The van der Waals surface area contributed by atoms with Gasteiger partial charge in [-0.3, -0.25) is 4.79 Å². The van der Waals surface area contributed by atoms with Gasteiger partial charge in [0.1, 0.15) is 6.54 Å². The number of carbonyl (C=O) groups excluding carboxylic acids is 1. The van der Waals surface area contributed by atoms with E-state index < -0.39 is 0 Å². The molecule has 2 rings (SSSR count). The molecule has 0 saturated carbocycles. The van der Waals surface area contributed by atoms with E-state index in [4.69, 9.17) is 0 Å². The quantitative estimate of drug-likeness (QED) is 0.867. The van der Waals surface area contributed by atoms with E-state index in [-0.39, 0.29) is 5.91 Å². The molecule has 1 aromatic carbocycles. The van der Waals surface area contributed by atoms with Crippen LogP contribution < -0.4 is 10.2 Å². The number of nitrogens with one attached hydrogen (secondary N) is 2. The van der Waals surface area contributed by atoms with Crippen molar-refractivity contribution in [2.75, 3.05) is 18.9 Å². The van der Waals surface area contributed by atoms with Crippen molar-refractivity contribution < 1.29 is 9.69 Å². The third-order valence-corrected chi connectivity index (χ3v) is 4.27. The molecule has 4 heteroatoms. The standard InChI is InChI=1S/C16H20N2OS/c1-12-6-4-8-15(13(12)2)17-16(19)11-18(3)10-14-7-5-9-20-14/h4-9H,10-11H2,1-3H3,(H,17,19)/p+1. The molecule has 0 saturated heterocycles. The molecular weight excluding hydrogens is 268 g/mol. The predicted molar refractivity (Wildman–Crippen MR) is 84.3 cm³/mol. The van der Waals surface area contributed by atoms with E-state index in [2.05, 4.69) is 29.8 Å². The number of quaternary nitrogens is 1. The summed E-state index contributed by atoms with van der Waals surface area (Å²) in [4.78, 5) is 14.6. The van der Waals surface area contributed by atoms with Gasteiger partial charge in [0.05, 0.1) is 11.9 Å². The van der Waals surface area contributed by atoms with Gasteiger partial charge in [0.15, 0.2) is 6.54 Å². The Labute approximate surface area is 124 Å². The van der Waals surface area contributed by atoms with E-state index in [1.54, 1.807) is 11.3 Å². The summed E-state index contributed by atoms with van der Waals surface area (Å²) in [6.07, 6.45) is 0. The molecule has 1 heterocycles. The molecule has 1 aromatic heterocycles. The molecule has 0 bridgehead atoms. The zero-order chi connectivity index (χ0) is 14.5. The van der Waals surface area contributed by atoms with Crippen molar-refractivity contribution in [2.45, 2.75) is 20.4 Å². The first kappa shape index (κ1) is 14.8.